The summed E-state index contributed by atoms with van der Waals surface area (Å²) in [6, 6.07) is 3.71. The first-order chi connectivity index (χ1) is 6.56. The van der Waals surface area contributed by atoms with E-state index in [1.165, 1.54) is 18.2 Å². The van der Waals surface area contributed by atoms with E-state index in [4.69, 9.17) is 0 Å². The molecule has 0 saturated heterocycles. The zero-order valence-electron chi connectivity index (χ0n) is 9.57. The van der Waals surface area contributed by atoms with Gasteiger partial charge in [0.15, 0.2) is 0 Å². The quantitative estimate of drug-likeness (QED) is 0.490. The summed E-state index contributed by atoms with van der Waals surface area (Å²) < 4.78 is 0. The van der Waals surface area contributed by atoms with Gasteiger partial charge in [-0.15, -0.1) is 0 Å². The minimum atomic E-state index is -1.32. The number of carbonyl (C=O) groups excluding carboxylic acids is 2. The summed E-state index contributed by atoms with van der Waals surface area (Å²) in [7, 11) is 0. The molecular formula is C10H8Na2O4. The Labute approximate surface area is 138 Å². The topological polar surface area (TPSA) is 80.3 Å². The summed E-state index contributed by atoms with van der Waals surface area (Å²) in [4.78, 5) is 21.1. The smallest absolute Gasteiger partial charge is 0.545 e. The molecule has 0 aliphatic rings. The van der Waals surface area contributed by atoms with Crippen molar-refractivity contribution < 1.29 is 78.9 Å². The van der Waals surface area contributed by atoms with Gasteiger partial charge < -0.3 is 19.8 Å². The molecule has 0 aliphatic carbocycles. The van der Waals surface area contributed by atoms with E-state index < -0.39 is 11.9 Å². The fourth-order valence-corrected chi connectivity index (χ4v) is 1.21. The molecule has 1 rings (SSSR count). The van der Waals surface area contributed by atoms with E-state index in [1.807, 2.05) is 0 Å². The van der Waals surface area contributed by atoms with Crippen LogP contribution in [0.25, 0.3) is 0 Å². The molecule has 0 aromatic heterocycles. The number of carbonyl (C=O) groups is 2. The van der Waals surface area contributed by atoms with Crippen LogP contribution in [0, 0.1) is 0 Å². The number of carboxylic acids is 2. The van der Waals surface area contributed by atoms with Crippen molar-refractivity contribution in [3.8, 4) is 0 Å². The second kappa shape index (κ2) is 8.28. The summed E-state index contributed by atoms with van der Waals surface area (Å²) >= 11 is 0. The molecule has 0 bridgehead atoms. The van der Waals surface area contributed by atoms with Crippen LogP contribution in [-0.2, 0) is 6.42 Å². The van der Waals surface area contributed by atoms with E-state index >= 15 is 0 Å². The molecule has 0 atom stereocenters. The average Bonchev–Trinajstić information content (AvgIpc) is 2.16. The first-order valence-corrected chi connectivity index (χ1v) is 4.12. The Hall–Kier alpha value is 0.160. The first kappa shape index (κ1) is 18.5. The van der Waals surface area contributed by atoms with Crippen LogP contribution in [-0.4, -0.2) is 11.9 Å². The van der Waals surface area contributed by atoms with E-state index in [-0.39, 0.29) is 70.2 Å². The van der Waals surface area contributed by atoms with Crippen molar-refractivity contribution in [2.75, 3.05) is 0 Å². The van der Waals surface area contributed by atoms with Crippen molar-refractivity contribution in [3.63, 3.8) is 0 Å². The monoisotopic (exact) mass is 238 g/mol. The van der Waals surface area contributed by atoms with Gasteiger partial charge >= 0.3 is 59.1 Å². The molecule has 4 nitrogen and oxygen atoms in total. The number of aromatic carboxylic acids is 2. The van der Waals surface area contributed by atoms with Crippen LogP contribution in [0.1, 0.15) is 33.2 Å². The number of hydrogen-bond donors (Lipinski definition) is 0. The van der Waals surface area contributed by atoms with Crippen molar-refractivity contribution in [2.45, 2.75) is 13.3 Å². The molecule has 0 spiro atoms. The predicted molar refractivity (Wildman–Crippen MR) is 44.5 cm³/mol. The molecule has 0 saturated carbocycles. The minimum absolute atomic E-state index is 0. The van der Waals surface area contributed by atoms with Crippen LogP contribution < -0.4 is 69.3 Å². The Bertz CT molecular complexity index is 390. The van der Waals surface area contributed by atoms with Crippen LogP contribution in [0.5, 0.6) is 0 Å². The molecule has 0 amide bonds. The minimum Gasteiger partial charge on any atom is -0.545 e. The summed E-state index contributed by atoms with van der Waals surface area (Å²) in [6.45, 7) is 1.74. The van der Waals surface area contributed by atoms with Crippen LogP contribution in [0.15, 0.2) is 18.2 Å². The Morgan fingerprint density at radius 3 is 2.06 bits per heavy atom. The maximum absolute atomic E-state index is 10.6. The predicted octanol–water partition coefficient (Wildman–Crippen LogP) is -7.02. The molecule has 74 valence electrons. The number of hydrogen-bond acceptors (Lipinski definition) is 4. The zero-order valence-corrected chi connectivity index (χ0v) is 13.6. The van der Waals surface area contributed by atoms with Gasteiger partial charge in [-0.25, -0.2) is 0 Å². The van der Waals surface area contributed by atoms with E-state index in [0.717, 1.165) is 0 Å². The van der Waals surface area contributed by atoms with Crippen LogP contribution in [0.3, 0.4) is 0 Å². The van der Waals surface area contributed by atoms with Crippen molar-refractivity contribution in [1.29, 1.82) is 0 Å². The van der Waals surface area contributed by atoms with Gasteiger partial charge in [0.2, 0.25) is 0 Å². The second-order valence-electron chi connectivity index (χ2n) is 2.80. The number of rotatable bonds is 3. The molecule has 0 N–H and O–H groups in total. The molecule has 0 fully saturated rings. The number of benzene rings is 1. The third-order valence-electron chi connectivity index (χ3n) is 1.94. The maximum Gasteiger partial charge on any atom is 1.00 e. The van der Waals surface area contributed by atoms with E-state index in [0.29, 0.717) is 12.0 Å². The standard InChI is InChI=1S/C10H10O4.2Na/c1-2-6-5-7(9(11)12)3-4-8(6)10(13)14;;/h3-5H,2H2,1H3,(H,11,12)(H,13,14);;/q;2*+1/p-2. The van der Waals surface area contributed by atoms with Crippen molar-refractivity contribution in [2.24, 2.45) is 0 Å². The third-order valence-corrected chi connectivity index (χ3v) is 1.94. The van der Waals surface area contributed by atoms with Gasteiger partial charge in [0.25, 0.3) is 0 Å². The largest absolute Gasteiger partial charge is 1.00 e. The summed E-state index contributed by atoms with van der Waals surface area (Å²) in [6.07, 6.45) is 0.435. The van der Waals surface area contributed by atoms with E-state index in [1.54, 1.807) is 6.92 Å². The van der Waals surface area contributed by atoms with E-state index in [2.05, 4.69) is 0 Å². The maximum atomic E-state index is 10.6. The third kappa shape index (κ3) is 4.57. The number of aryl methyl sites for hydroxylation is 1. The van der Waals surface area contributed by atoms with Crippen molar-refractivity contribution in [3.05, 3.63) is 34.9 Å². The molecule has 1 aromatic rings. The van der Waals surface area contributed by atoms with Gasteiger partial charge in [0.1, 0.15) is 0 Å². The Balaban J connectivity index is 0. The van der Waals surface area contributed by atoms with Crippen LogP contribution >= 0.6 is 0 Å². The van der Waals surface area contributed by atoms with Crippen LogP contribution in [0.2, 0.25) is 0 Å². The molecular weight excluding hydrogens is 230 g/mol. The Kier molecular flexibility index (Phi) is 9.59. The summed E-state index contributed by atoms with van der Waals surface area (Å²) in [5, 5.41) is 21.1. The van der Waals surface area contributed by atoms with Crippen LogP contribution in [0.4, 0.5) is 0 Å². The van der Waals surface area contributed by atoms with Gasteiger partial charge in [0.05, 0.1) is 11.9 Å². The molecule has 0 heterocycles. The average molecular weight is 238 g/mol. The van der Waals surface area contributed by atoms with Gasteiger partial charge in [-0.05, 0) is 23.6 Å². The van der Waals surface area contributed by atoms with Gasteiger partial charge in [-0.3, -0.25) is 0 Å². The van der Waals surface area contributed by atoms with Gasteiger partial charge in [-0.2, -0.15) is 0 Å². The van der Waals surface area contributed by atoms with Crippen molar-refractivity contribution >= 4 is 11.9 Å². The molecule has 16 heavy (non-hydrogen) atoms. The van der Waals surface area contributed by atoms with E-state index in [9.17, 15) is 19.8 Å². The summed E-state index contributed by atoms with van der Waals surface area (Å²) in [5.74, 6) is -2.61. The summed E-state index contributed by atoms with van der Waals surface area (Å²) in [5.41, 5.74) is 0.441. The Morgan fingerprint density at radius 1 is 1.12 bits per heavy atom. The molecule has 1 aromatic carbocycles. The molecule has 0 unspecified atom stereocenters. The fourth-order valence-electron chi connectivity index (χ4n) is 1.21. The second-order valence-corrected chi connectivity index (χ2v) is 2.80. The Morgan fingerprint density at radius 2 is 1.69 bits per heavy atom. The zero-order chi connectivity index (χ0) is 10.7. The van der Waals surface area contributed by atoms with Crippen molar-refractivity contribution in [1.82, 2.24) is 0 Å². The molecule has 0 aliphatic heterocycles. The number of carboxylic acid groups (broad SMARTS) is 2. The fraction of sp³-hybridized carbons (Fsp3) is 0.200. The normalized spacial score (nSPS) is 8.56. The molecule has 6 heteroatoms. The van der Waals surface area contributed by atoms with Gasteiger partial charge in [0, 0.05) is 5.56 Å². The first-order valence-electron chi connectivity index (χ1n) is 4.12. The van der Waals surface area contributed by atoms with Gasteiger partial charge in [-0.1, -0.05) is 19.1 Å². The molecule has 0 radical (unpaired) electrons. The SMILES string of the molecule is CCc1cc(C(=O)[O-])ccc1C(=O)[O-].[Na+].[Na+].